The smallest absolute Gasteiger partial charge is 0.256 e. The minimum Gasteiger partial charge on any atom is -0.507 e. The minimum absolute atomic E-state index is 0.0735. The van der Waals surface area contributed by atoms with Crippen molar-refractivity contribution in [3.05, 3.63) is 53.0 Å². The van der Waals surface area contributed by atoms with Crippen molar-refractivity contribution in [2.75, 3.05) is 5.32 Å². The third-order valence-corrected chi connectivity index (χ3v) is 3.91. The van der Waals surface area contributed by atoms with Gasteiger partial charge in [0.15, 0.2) is 6.29 Å². The van der Waals surface area contributed by atoms with Crippen molar-refractivity contribution in [3.63, 3.8) is 0 Å². The molecule has 2 N–H and O–H groups in total. The normalized spacial score (nSPS) is 10.5. The van der Waals surface area contributed by atoms with Crippen LogP contribution in [-0.4, -0.2) is 22.3 Å². The van der Waals surface area contributed by atoms with Gasteiger partial charge in [0.25, 0.3) is 5.91 Å². The number of aldehydes is 1. The van der Waals surface area contributed by atoms with Gasteiger partial charge in [-0.3, -0.25) is 9.59 Å². The average molecular weight is 298 g/mol. The van der Waals surface area contributed by atoms with Crippen molar-refractivity contribution < 1.29 is 14.7 Å². The number of aromatic hydroxyl groups is 1. The van der Waals surface area contributed by atoms with Crippen LogP contribution in [-0.2, 0) is 0 Å². The Hall–Kier alpha value is -2.73. The molecule has 0 aliphatic rings. The van der Waals surface area contributed by atoms with E-state index in [0.717, 1.165) is 10.1 Å². The van der Waals surface area contributed by atoms with Gasteiger partial charge in [0.1, 0.15) is 11.6 Å². The number of carbonyl (C=O) groups excluding carboxylic acids is 2. The predicted molar refractivity (Wildman–Crippen MR) is 81.1 cm³/mol. The molecule has 0 unspecified atom stereocenters. The van der Waals surface area contributed by atoms with Gasteiger partial charge >= 0.3 is 0 Å². The fraction of sp³-hybridized carbons (Fsp3) is 0. The Bertz CT molecular complexity index is 842. The number of benzene rings is 1. The lowest BCUT2D eigenvalue weighted by Crippen LogP contribution is -2.13. The van der Waals surface area contributed by atoms with Crippen LogP contribution in [0.2, 0.25) is 0 Å². The molecule has 2 aromatic heterocycles. The van der Waals surface area contributed by atoms with Gasteiger partial charge < -0.3 is 10.4 Å². The number of hydrogen-bond acceptors (Lipinski definition) is 5. The first kappa shape index (κ1) is 13.3. The highest BCUT2D eigenvalue weighted by atomic mass is 32.1. The number of hydrogen-bond donors (Lipinski definition) is 2. The third kappa shape index (κ3) is 2.48. The van der Waals surface area contributed by atoms with Crippen LogP contribution in [0.3, 0.4) is 0 Å². The van der Waals surface area contributed by atoms with Gasteiger partial charge in [-0.25, -0.2) is 4.98 Å². The molecule has 1 amide bonds. The molecule has 5 nitrogen and oxygen atoms in total. The van der Waals surface area contributed by atoms with E-state index in [2.05, 4.69) is 10.3 Å². The maximum Gasteiger partial charge on any atom is 0.256 e. The van der Waals surface area contributed by atoms with Crippen molar-refractivity contribution in [1.82, 2.24) is 4.98 Å². The largest absolute Gasteiger partial charge is 0.507 e. The van der Waals surface area contributed by atoms with E-state index in [1.807, 2.05) is 17.5 Å². The predicted octanol–water partition coefficient (Wildman–Crippen LogP) is 3.07. The van der Waals surface area contributed by atoms with Gasteiger partial charge in [-0.15, -0.1) is 11.3 Å². The number of amides is 1. The molecule has 0 saturated carbocycles. The number of phenolic OH excluding ortho intramolecular Hbond substituents is 1. The van der Waals surface area contributed by atoms with Gasteiger partial charge in [-0.1, -0.05) is 0 Å². The number of carbonyl (C=O) groups is 2. The molecule has 21 heavy (non-hydrogen) atoms. The van der Waals surface area contributed by atoms with E-state index in [9.17, 15) is 14.7 Å². The van der Waals surface area contributed by atoms with E-state index < -0.39 is 0 Å². The van der Waals surface area contributed by atoms with E-state index >= 15 is 0 Å². The summed E-state index contributed by atoms with van der Waals surface area (Å²) in [6.07, 6.45) is 2.13. The zero-order valence-electron chi connectivity index (χ0n) is 10.7. The highest BCUT2D eigenvalue weighted by Gasteiger charge is 2.12. The van der Waals surface area contributed by atoms with Gasteiger partial charge in [0, 0.05) is 21.8 Å². The van der Waals surface area contributed by atoms with Crippen LogP contribution >= 0.6 is 11.3 Å². The van der Waals surface area contributed by atoms with Crippen LogP contribution in [0.1, 0.15) is 20.7 Å². The number of phenols is 1. The Morgan fingerprint density at radius 2 is 2.14 bits per heavy atom. The molecular weight excluding hydrogens is 288 g/mol. The monoisotopic (exact) mass is 298 g/mol. The van der Waals surface area contributed by atoms with Crippen LogP contribution in [0, 0.1) is 0 Å². The second-order valence-electron chi connectivity index (χ2n) is 4.34. The molecule has 1 aromatic carbocycles. The molecular formula is C15H10N2O3S. The summed E-state index contributed by atoms with van der Waals surface area (Å²) in [5, 5.41) is 15.0. The molecule has 3 aromatic rings. The number of fused-ring (bicyclic) bond motifs is 1. The number of thiophene rings is 1. The van der Waals surface area contributed by atoms with Crippen molar-refractivity contribution in [1.29, 1.82) is 0 Å². The van der Waals surface area contributed by atoms with Crippen molar-refractivity contribution in [3.8, 4) is 5.75 Å². The molecule has 104 valence electrons. The maximum absolute atomic E-state index is 12.2. The molecule has 0 radical (unpaired) electrons. The van der Waals surface area contributed by atoms with Crippen LogP contribution in [0.4, 0.5) is 5.82 Å². The summed E-state index contributed by atoms with van der Waals surface area (Å²) in [4.78, 5) is 27.2. The first-order valence-corrected chi connectivity index (χ1v) is 6.99. The lowest BCUT2D eigenvalue weighted by molar-refractivity contribution is 0.102. The first-order chi connectivity index (χ1) is 10.2. The maximum atomic E-state index is 12.2. The minimum atomic E-state index is -0.385. The van der Waals surface area contributed by atoms with Gasteiger partial charge in [-0.2, -0.15) is 0 Å². The van der Waals surface area contributed by atoms with E-state index in [-0.39, 0.29) is 22.8 Å². The Morgan fingerprint density at radius 3 is 2.95 bits per heavy atom. The summed E-state index contributed by atoms with van der Waals surface area (Å²) in [5.41, 5.74) is 0.355. The average Bonchev–Trinajstić information content (AvgIpc) is 2.97. The Balaban J connectivity index is 1.93. The Labute approximate surface area is 123 Å². The lowest BCUT2D eigenvalue weighted by Gasteiger charge is -2.06. The van der Waals surface area contributed by atoms with Crippen molar-refractivity contribution >= 4 is 39.4 Å². The standard InChI is InChI=1S/C15H10N2O3S/c18-8-10-7-9(1-2-12(10)19)15(20)17-14-11-4-6-21-13(11)3-5-16-14/h1-8,19H,(H,16,17,20). The topological polar surface area (TPSA) is 79.3 Å². The Kier molecular flexibility index (Phi) is 3.37. The van der Waals surface area contributed by atoms with Crippen molar-refractivity contribution in [2.24, 2.45) is 0 Å². The van der Waals surface area contributed by atoms with E-state index in [0.29, 0.717) is 12.1 Å². The van der Waals surface area contributed by atoms with Crippen LogP contribution in [0.5, 0.6) is 5.75 Å². The number of nitrogens with one attached hydrogen (secondary N) is 1. The van der Waals surface area contributed by atoms with E-state index in [1.165, 1.54) is 18.2 Å². The fourth-order valence-electron chi connectivity index (χ4n) is 1.96. The number of pyridine rings is 1. The third-order valence-electron chi connectivity index (χ3n) is 3.03. The summed E-state index contributed by atoms with van der Waals surface area (Å²) in [6.45, 7) is 0. The summed E-state index contributed by atoms with van der Waals surface area (Å²) in [5.74, 6) is -0.0663. The highest BCUT2D eigenvalue weighted by Crippen LogP contribution is 2.26. The van der Waals surface area contributed by atoms with Gasteiger partial charge in [0.05, 0.1) is 5.56 Å². The second-order valence-corrected chi connectivity index (χ2v) is 5.29. The summed E-state index contributed by atoms with van der Waals surface area (Å²) >= 11 is 1.56. The Morgan fingerprint density at radius 1 is 1.29 bits per heavy atom. The zero-order chi connectivity index (χ0) is 14.8. The van der Waals surface area contributed by atoms with Gasteiger partial charge in [0.2, 0.25) is 0 Å². The fourth-order valence-corrected chi connectivity index (χ4v) is 2.75. The molecule has 0 aliphatic carbocycles. The molecule has 0 spiro atoms. The number of aromatic nitrogens is 1. The quantitative estimate of drug-likeness (QED) is 0.728. The molecule has 0 aliphatic heterocycles. The molecule has 0 atom stereocenters. The van der Waals surface area contributed by atoms with Crippen LogP contribution in [0.15, 0.2) is 41.9 Å². The first-order valence-electron chi connectivity index (χ1n) is 6.11. The van der Waals surface area contributed by atoms with Crippen LogP contribution < -0.4 is 5.32 Å². The molecule has 6 heteroatoms. The zero-order valence-corrected chi connectivity index (χ0v) is 11.6. The van der Waals surface area contributed by atoms with E-state index in [1.54, 1.807) is 17.5 Å². The summed E-state index contributed by atoms with van der Waals surface area (Å²) in [7, 11) is 0. The number of nitrogens with zero attached hydrogens (tertiary/aromatic N) is 1. The van der Waals surface area contributed by atoms with Crippen LogP contribution in [0.25, 0.3) is 10.1 Å². The molecule has 2 heterocycles. The lowest BCUT2D eigenvalue weighted by atomic mass is 10.1. The van der Waals surface area contributed by atoms with Gasteiger partial charge in [-0.05, 0) is 35.7 Å². The SMILES string of the molecule is O=Cc1cc(C(=O)Nc2nccc3sccc23)ccc1O. The molecule has 0 saturated heterocycles. The molecule has 0 bridgehead atoms. The van der Waals surface area contributed by atoms with E-state index in [4.69, 9.17) is 0 Å². The number of rotatable bonds is 3. The molecule has 3 rings (SSSR count). The highest BCUT2D eigenvalue weighted by molar-refractivity contribution is 7.17. The molecule has 0 fully saturated rings. The summed E-state index contributed by atoms with van der Waals surface area (Å²) in [6, 6.07) is 7.87. The summed E-state index contributed by atoms with van der Waals surface area (Å²) < 4.78 is 1.03. The number of anilines is 1. The second kappa shape index (κ2) is 5.34. The van der Waals surface area contributed by atoms with Crippen molar-refractivity contribution in [2.45, 2.75) is 0 Å².